The van der Waals surface area contributed by atoms with Gasteiger partial charge in [-0.05, 0) is 12.0 Å². The third kappa shape index (κ3) is 2.82. The highest BCUT2D eigenvalue weighted by atomic mass is 16.5. The van der Waals surface area contributed by atoms with Gasteiger partial charge < -0.3 is 4.74 Å². The summed E-state index contributed by atoms with van der Waals surface area (Å²) >= 11 is 0. The van der Waals surface area contributed by atoms with Crippen molar-refractivity contribution in [2.24, 2.45) is 0 Å². The maximum atomic E-state index is 5.42. The normalized spacial score (nSPS) is 19.1. The summed E-state index contributed by atoms with van der Waals surface area (Å²) < 4.78 is 5.42. The van der Waals surface area contributed by atoms with E-state index in [4.69, 9.17) is 4.74 Å². The van der Waals surface area contributed by atoms with Crippen LogP contribution in [-0.4, -0.2) is 31.2 Å². The Morgan fingerprint density at radius 1 is 1.07 bits per heavy atom. The number of hydrogen-bond donors (Lipinski definition) is 0. The van der Waals surface area contributed by atoms with Gasteiger partial charge >= 0.3 is 0 Å². The highest BCUT2D eigenvalue weighted by molar-refractivity contribution is 5.14. The molecule has 1 aromatic rings. The second-order valence-corrected chi connectivity index (χ2v) is 3.73. The van der Waals surface area contributed by atoms with Crippen molar-refractivity contribution in [2.45, 2.75) is 13.0 Å². The van der Waals surface area contributed by atoms with Gasteiger partial charge in [-0.1, -0.05) is 30.3 Å². The molecule has 0 atom stereocenters. The molecule has 0 unspecified atom stereocenters. The first-order chi connectivity index (χ1) is 6.95. The van der Waals surface area contributed by atoms with E-state index in [0.717, 1.165) is 39.3 Å². The number of benzene rings is 1. The molecule has 2 rings (SSSR count). The van der Waals surface area contributed by atoms with Gasteiger partial charge in [-0.25, -0.2) is 0 Å². The van der Waals surface area contributed by atoms with Crippen LogP contribution in [0.1, 0.15) is 12.0 Å². The van der Waals surface area contributed by atoms with Gasteiger partial charge in [0.05, 0.1) is 6.61 Å². The lowest BCUT2D eigenvalue weighted by molar-refractivity contribution is 0.140. The van der Waals surface area contributed by atoms with Gasteiger partial charge in [-0.15, -0.1) is 0 Å². The van der Waals surface area contributed by atoms with Crippen molar-refractivity contribution in [3.8, 4) is 0 Å². The van der Waals surface area contributed by atoms with Gasteiger partial charge in [0.25, 0.3) is 0 Å². The minimum atomic E-state index is 0.882. The molecule has 0 bridgehead atoms. The van der Waals surface area contributed by atoms with Crippen LogP contribution in [0.5, 0.6) is 0 Å². The Labute approximate surface area is 85.5 Å². The molecule has 1 fully saturated rings. The molecule has 2 heteroatoms. The summed E-state index contributed by atoms with van der Waals surface area (Å²) in [6.07, 6.45) is 1.16. The lowest BCUT2D eigenvalue weighted by atomic mass is 10.2. The minimum absolute atomic E-state index is 0.882. The van der Waals surface area contributed by atoms with E-state index in [1.807, 2.05) is 0 Å². The van der Waals surface area contributed by atoms with E-state index in [9.17, 15) is 0 Å². The van der Waals surface area contributed by atoms with E-state index in [1.54, 1.807) is 0 Å². The van der Waals surface area contributed by atoms with Gasteiger partial charge in [0.15, 0.2) is 0 Å². The zero-order valence-corrected chi connectivity index (χ0v) is 8.48. The molecule has 1 saturated heterocycles. The van der Waals surface area contributed by atoms with Crippen LogP contribution in [0.2, 0.25) is 0 Å². The third-order valence-corrected chi connectivity index (χ3v) is 2.56. The molecule has 14 heavy (non-hydrogen) atoms. The first kappa shape index (κ1) is 9.69. The lowest BCUT2D eigenvalue weighted by Gasteiger charge is -2.18. The van der Waals surface area contributed by atoms with Crippen molar-refractivity contribution in [3.63, 3.8) is 0 Å². The van der Waals surface area contributed by atoms with E-state index in [1.165, 1.54) is 5.56 Å². The summed E-state index contributed by atoms with van der Waals surface area (Å²) in [6, 6.07) is 10.6. The highest BCUT2D eigenvalue weighted by Crippen LogP contribution is 2.06. The molecule has 1 aliphatic heterocycles. The van der Waals surface area contributed by atoms with Crippen molar-refractivity contribution < 1.29 is 4.74 Å². The van der Waals surface area contributed by atoms with E-state index in [-0.39, 0.29) is 0 Å². The topological polar surface area (TPSA) is 12.5 Å². The molecule has 0 radical (unpaired) electrons. The molecule has 0 aromatic heterocycles. The van der Waals surface area contributed by atoms with Crippen molar-refractivity contribution in [2.75, 3.05) is 26.3 Å². The Hall–Kier alpha value is -0.860. The molecule has 1 aliphatic rings. The summed E-state index contributed by atoms with van der Waals surface area (Å²) in [5.74, 6) is 0. The van der Waals surface area contributed by atoms with Crippen LogP contribution in [0.4, 0.5) is 0 Å². The van der Waals surface area contributed by atoms with Crippen LogP contribution in [0.15, 0.2) is 30.3 Å². The zero-order chi connectivity index (χ0) is 9.64. The average molecular weight is 191 g/mol. The standard InChI is InChI=1S/C12H17NO/c1-2-5-12(6-3-1)11-13-7-4-9-14-10-8-13/h1-3,5-6H,4,7-11H2. The smallest absolute Gasteiger partial charge is 0.0593 e. The second kappa shape index (κ2) is 5.13. The van der Waals surface area contributed by atoms with Crippen molar-refractivity contribution >= 4 is 0 Å². The minimum Gasteiger partial charge on any atom is -0.380 e. The van der Waals surface area contributed by atoms with Gasteiger partial charge in [-0.2, -0.15) is 0 Å². The molecule has 76 valence electrons. The second-order valence-electron chi connectivity index (χ2n) is 3.73. The Bertz CT molecular complexity index is 252. The van der Waals surface area contributed by atoms with Crippen molar-refractivity contribution in [1.82, 2.24) is 4.90 Å². The van der Waals surface area contributed by atoms with E-state index in [0.29, 0.717) is 0 Å². The molecule has 0 amide bonds. The SMILES string of the molecule is c1ccc(CN2CCCOCC2)cc1. The molecule has 0 aliphatic carbocycles. The van der Waals surface area contributed by atoms with Gasteiger partial charge in [-0.3, -0.25) is 4.90 Å². The molecule has 0 saturated carbocycles. The maximum Gasteiger partial charge on any atom is 0.0593 e. The molecular weight excluding hydrogens is 174 g/mol. The van der Waals surface area contributed by atoms with Crippen molar-refractivity contribution in [1.29, 1.82) is 0 Å². The lowest BCUT2D eigenvalue weighted by Crippen LogP contribution is -2.25. The van der Waals surface area contributed by atoms with Crippen LogP contribution in [-0.2, 0) is 11.3 Å². The Morgan fingerprint density at radius 2 is 1.93 bits per heavy atom. The number of ether oxygens (including phenoxy) is 1. The Morgan fingerprint density at radius 3 is 2.79 bits per heavy atom. The van der Waals surface area contributed by atoms with Crippen molar-refractivity contribution in [3.05, 3.63) is 35.9 Å². The van der Waals surface area contributed by atoms with Crippen LogP contribution in [0, 0.1) is 0 Å². The number of nitrogens with zero attached hydrogens (tertiary/aromatic N) is 1. The van der Waals surface area contributed by atoms with E-state index >= 15 is 0 Å². The number of hydrogen-bond acceptors (Lipinski definition) is 2. The fraction of sp³-hybridized carbons (Fsp3) is 0.500. The van der Waals surface area contributed by atoms with E-state index < -0.39 is 0 Å². The summed E-state index contributed by atoms with van der Waals surface area (Å²) in [7, 11) is 0. The predicted molar refractivity (Wildman–Crippen MR) is 57.2 cm³/mol. The first-order valence-corrected chi connectivity index (χ1v) is 5.29. The van der Waals surface area contributed by atoms with Gasteiger partial charge in [0.2, 0.25) is 0 Å². The molecule has 0 N–H and O–H groups in total. The fourth-order valence-electron chi connectivity index (χ4n) is 1.80. The Balaban J connectivity index is 1.90. The molecular formula is C12H17NO. The zero-order valence-electron chi connectivity index (χ0n) is 8.48. The first-order valence-electron chi connectivity index (χ1n) is 5.29. The van der Waals surface area contributed by atoms with Gasteiger partial charge in [0, 0.05) is 26.2 Å². The Kier molecular flexibility index (Phi) is 3.55. The van der Waals surface area contributed by atoms with Crippen LogP contribution >= 0.6 is 0 Å². The van der Waals surface area contributed by atoms with Crippen LogP contribution < -0.4 is 0 Å². The monoisotopic (exact) mass is 191 g/mol. The maximum absolute atomic E-state index is 5.42. The molecule has 2 nitrogen and oxygen atoms in total. The molecule has 0 spiro atoms. The average Bonchev–Trinajstić information content (AvgIpc) is 2.48. The van der Waals surface area contributed by atoms with Crippen LogP contribution in [0.3, 0.4) is 0 Å². The molecule has 1 aromatic carbocycles. The summed E-state index contributed by atoms with van der Waals surface area (Å²) in [5.41, 5.74) is 1.40. The summed E-state index contributed by atoms with van der Waals surface area (Å²) in [5, 5.41) is 0. The predicted octanol–water partition coefficient (Wildman–Crippen LogP) is 1.91. The number of rotatable bonds is 2. The third-order valence-electron chi connectivity index (χ3n) is 2.56. The van der Waals surface area contributed by atoms with E-state index in [2.05, 4.69) is 35.2 Å². The summed E-state index contributed by atoms with van der Waals surface area (Å²) in [4.78, 5) is 2.46. The largest absolute Gasteiger partial charge is 0.380 e. The molecule has 1 heterocycles. The fourth-order valence-corrected chi connectivity index (χ4v) is 1.80. The summed E-state index contributed by atoms with van der Waals surface area (Å²) in [6.45, 7) is 5.09. The quantitative estimate of drug-likeness (QED) is 0.708. The van der Waals surface area contributed by atoms with Gasteiger partial charge in [0.1, 0.15) is 0 Å². The van der Waals surface area contributed by atoms with Crippen LogP contribution in [0.25, 0.3) is 0 Å². The highest BCUT2D eigenvalue weighted by Gasteiger charge is 2.08.